The first-order chi connectivity index (χ1) is 14.8. The lowest BCUT2D eigenvalue weighted by molar-refractivity contribution is 0.601. The van der Waals surface area contributed by atoms with Gasteiger partial charge in [-0.2, -0.15) is 0 Å². The molecular formula is C24H27Cl2N3O2S. The van der Waals surface area contributed by atoms with Crippen LogP contribution in [0, 0.1) is 0 Å². The van der Waals surface area contributed by atoms with Crippen molar-refractivity contribution in [1.82, 2.24) is 5.32 Å². The van der Waals surface area contributed by atoms with E-state index in [1.807, 2.05) is 61.5 Å². The second-order valence-corrected chi connectivity index (χ2v) is 10.0. The summed E-state index contributed by atoms with van der Waals surface area (Å²) in [5.74, 6) is 0. The molecule has 1 aliphatic rings. The van der Waals surface area contributed by atoms with Crippen LogP contribution in [0.15, 0.2) is 65.6 Å². The molecule has 3 aromatic rings. The molecule has 8 heteroatoms. The summed E-state index contributed by atoms with van der Waals surface area (Å²) in [6.45, 7) is 1.83. The predicted octanol–water partition coefficient (Wildman–Crippen LogP) is 4.98. The molecule has 0 amide bonds. The number of rotatable bonds is 5. The Kier molecular flexibility index (Phi) is 7.72. The van der Waals surface area contributed by atoms with E-state index in [4.69, 9.17) is 11.6 Å². The Morgan fingerprint density at radius 3 is 1.97 bits per heavy atom. The van der Waals surface area contributed by atoms with E-state index >= 15 is 0 Å². The first kappa shape index (κ1) is 24.4. The molecule has 5 nitrogen and oxygen atoms in total. The number of anilines is 2. The van der Waals surface area contributed by atoms with Crippen molar-refractivity contribution in [1.29, 1.82) is 0 Å². The van der Waals surface area contributed by atoms with Gasteiger partial charge >= 0.3 is 0 Å². The lowest BCUT2D eigenvalue weighted by Crippen LogP contribution is -2.18. The summed E-state index contributed by atoms with van der Waals surface area (Å²) in [6.07, 6.45) is 1.82. The molecule has 0 atom stereocenters. The fraction of sp³-hybridized carbons (Fsp3) is 0.250. The molecule has 32 heavy (non-hydrogen) atoms. The third-order valence-corrected chi connectivity index (χ3v) is 7.16. The summed E-state index contributed by atoms with van der Waals surface area (Å²) in [5.41, 5.74) is 5.84. The van der Waals surface area contributed by atoms with Crippen molar-refractivity contribution in [3.05, 3.63) is 76.8 Å². The van der Waals surface area contributed by atoms with Crippen LogP contribution in [0.3, 0.4) is 0 Å². The minimum absolute atomic E-state index is 0. The van der Waals surface area contributed by atoms with E-state index in [-0.39, 0.29) is 17.3 Å². The molecular weight excluding hydrogens is 465 g/mol. The van der Waals surface area contributed by atoms with Crippen molar-refractivity contribution in [2.45, 2.75) is 17.7 Å². The summed E-state index contributed by atoms with van der Waals surface area (Å²) in [7, 11) is 0.128. The fourth-order valence-electron chi connectivity index (χ4n) is 3.84. The van der Waals surface area contributed by atoms with E-state index < -0.39 is 10.0 Å². The van der Waals surface area contributed by atoms with Crippen LogP contribution < -0.4 is 14.9 Å². The highest BCUT2D eigenvalue weighted by Crippen LogP contribution is 2.32. The smallest absolute Gasteiger partial charge is 0.261 e. The molecule has 0 aliphatic carbocycles. The maximum Gasteiger partial charge on any atom is 0.261 e. The van der Waals surface area contributed by atoms with Crippen LogP contribution in [-0.4, -0.2) is 35.6 Å². The Morgan fingerprint density at radius 1 is 0.875 bits per heavy atom. The Bertz CT molecular complexity index is 1180. The van der Waals surface area contributed by atoms with Gasteiger partial charge in [0.05, 0.1) is 16.3 Å². The summed E-state index contributed by atoms with van der Waals surface area (Å²) < 4.78 is 29.1. The lowest BCUT2D eigenvalue weighted by Gasteiger charge is -2.21. The zero-order valence-electron chi connectivity index (χ0n) is 18.1. The van der Waals surface area contributed by atoms with Gasteiger partial charge in [-0.1, -0.05) is 35.9 Å². The zero-order valence-corrected chi connectivity index (χ0v) is 20.4. The normalized spacial score (nSPS) is 13.5. The third-order valence-electron chi connectivity index (χ3n) is 5.53. The summed E-state index contributed by atoms with van der Waals surface area (Å²) in [4.78, 5) is 2.17. The average Bonchev–Trinajstić information content (AvgIpc) is 2.98. The van der Waals surface area contributed by atoms with Gasteiger partial charge in [-0.3, -0.25) is 4.72 Å². The van der Waals surface area contributed by atoms with Crippen LogP contribution >= 0.6 is 24.0 Å². The van der Waals surface area contributed by atoms with Gasteiger partial charge in [0, 0.05) is 19.1 Å². The van der Waals surface area contributed by atoms with Crippen LogP contribution in [0.25, 0.3) is 11.1 Å². The SMILES string of the molecule is CN(C)c1cc2c(cc1NS(=O)(=O)c1ccc(-c3ccc(Cl)cc3)cc1)CCNCC2.Cl. The first-order valence-electron chi connectivity index (χ1n) is 10.3. The van der Waals surface area contributed by atoms with Gasteiger partial charge in [-0.05, 0) is 84.6 Å². The second-order valence-electron chi connectivity index (χ2n) is 7.92. The van der Waals surface area contributed by atoms with Crippen molar-refractivity contribution >= 4 is 45.4 Å². The Hall–Kier alpha value is -2.25. The minimum atomic E-state index is -3.72. The van der Waals surface area contributed by atoms with Gasteiger partial charge < -0.3 is 10.2 Å². The van der Waals surface area contributed by atoms with E-state index in [0.29, 0.717) is 10.7 Å². The number of nitrogens with zero attached hydrogens (tertiary/aromatic N) is 1. The van der Waals surface area contributed by atoms with Crippen molar-refractivity contribution in [3.8, 4) is 11.1 Å². The van der Waals surface area contributed by atoms with E-state index in [9.17, 15) is 8.42 Å². The summed E-state index contributed by atoms with van der Waals surface area (Å²) in [6, 6.07) is 18.4. The average molecular weight is 492 g/mol. The number of halogens is 2. The molecule has 1 heterocycles. The van der Waals surface area contributed by atoms with Gasteiger partial charge in [0.1, 0.15) is 0 Å². The number of sulfonamides is 1. The second kappa shape index (κ2) is 10.1. The number of hydrogen-bond acceptors (Lipinski definition) is 4. The van der Waals surface area contributed by atoms with Crippen LogP contribution in [0.2, 0.25) is 5.02 Å². The first-order valence-corrected chi connectivity index (χ1v) is 12.1. The molecule has 170 valence electrons. The van der Waals surface area contributed by atoms with E-state index in [1.165, 1.54) is 11.1 Å². The number of fused-ring (bicyclic) bond motifs is 1. The summed E-state index contributed by atoms with van der Waals surface area (Å²) in [5, 5.41) is 4.07. The molecule has 4 rings (SSSR count). The van der Waals surface area contributed by atoms with Crippen molar-refractivity contribution < 1.29 is 8.42 Å². The Labute approximate surface area is 201 Å². The number of benzene rings is 3. The Morgan fingerprint density at radius 2 is 1.41 bits per heavy atom. The van der Waals surface area contributed by atoms with Crippen molar-refractivity contribution in [2.75, 3.05) is 36.8 Å². The molecule has 0 aromatic heterocycles. The Balaban J connectivity index is 0.00000289. The topological polar surface area (TPSA) is 61.4 Å². The maximum absolute atomic E-state index is 13.1. The highest BCUT2D eigenvalue weighted by molar-refractivity contribution is 7.92. The largest absolute Gasteiger partial charge is 0.376 e. The molecule has 0 fully saturated rings. The highest BCUT2D eigenvalue weighted by Gasteiger charge is 2.20. The van der Waals surface area contributed by atoms with Crippen molar-refractivity contribution in [2.24, 2.45) is 0 Å². The van der Waals surface area contributed by atoms with Crippen molar-refractivity contribution in [3.63, 3.8) is 0 Å². The number of hydrogen-bond donors (Lipinski definition) is 2. The van der Waals surface area contributed by atoms with Crippen LogP contribution in [0.4, 0.5) is 11.4 Å². The van der Waals surface area contributed by atoms with E-state index in [0.717, 1.165) is 42.7 Å². The standard InChI is InChI=1S/C24H26ClN3O2S.ClH/c1-28(2)24-16-20-12-14-26-13-11-19(20)15-23(24)27-31(29,30)22-9-5-18(6-10-22)17-3-7-21(25)8-4-17;/h3-10,15-16,26-27H,11-14H2,1-2H3;1H. The van der Waals surface area contributed by atoms with Crippen LogP contribution in [0.5, 0.6) is 0 Å². The van der Waals surface area contributed by atoms with Crippen LogP contribution in [-0.2, 0) is 22.9 Å². The molecule has 2 N–H and O–H groups in total. The fourth-order valence-corrected chi connectivity index (χ4v) is 5.03. The van der Waals surface area contributed by atoms with E-state index in [1.54, 1.807) is 12.1 Å². The van der Waals surface area contributed by atoms with Gasteiger partial charge in [0.25, 0.3) is 10.0 Å². The van der Waals surface area contributed by atoms with E-state index in [2.05, 4.69) is 16.1 Å². The number of nitrogens with one attached hydrogen (secondary N) is 2. The van der Waals surface area contributed by atoms with Gasteiger partial charge in [-0.25, -0.2) is 8.42 Å². The molecule has 0 spiro atoms. The molecule has 1 aliphatic heterocycles. The molecule has 0 saturated heterocycles. The van der Waals surface area contributed by atoms with Gasteiger partial charge in [-0.15, -0.1) is 12.4 Å². The van der Waals surface area contributed by atoms with Gasteiger partial charge in [0.15, 0.2) is 0 Å². The predicted molar refractivity (Wildman–Crippen MR) is 136 cm³/mol. The zero-order chi connectivity index (χ0) is 22.0. The molecule has 3 aromatic carbocycles. The highest BCUT2D eigenvalue weighted by atomic mass is 35.5. The maximum atomic E-state index is 13.1. The molecule has 0 bridgehead atoms. The lowest BCUT2D eigenvalue weighted by atomic mass is 10.0. The quantitative estimate of drug-likeness (QED) is 0.527. The molecule has 0 radical (unpaired) electrons. The van der Waals surface area contributed by atoms with Gasteiger partial charge in [0.2, 0.25) is 0 Å². The molecule has 0 unspecified atom stereocenters. The monoisotopic (exact) mass is 491 g/mol. The van der Waals surface area contributed by atoms with Crippen LogP contribution in [0.1, 0.15) is 11.1 Å². The molecule has 0 saturated carbocycles. The minimum Gasteiger partial charge on any atom is -0.376 e. The third kappa shape index (κ3) is 5.38. The summed E-state index contributed by atoms with van der Waals surface area (Å²) >= 11 is 5.95.